The molecule has 6 rings (SSSR count). The first-order chi connectivity index (χ1) is 22.8. The molecule has 0 saturated carbocycles. The average Bonchev–Trinajstić information content (AvgIpc) is 3.70. The predicted octanol–water partition coefficient (Wildman–Crippen LogP) is 0.895. The summed E-state index contributed by atoms with van der Waals surface area (Å²) >= 11 is 0. The molecule has 4 heterocycles. The van der Waals surface area contributed by atoms with Crippen LogP contribution in [0.25, 0.3) is 11.2 Å². The standard InChI is InChI=1S/C31H38N5O11P/c1-31(2,19-5-9-22(10-6-19)44-14-23-15-45-23)18-3-7-21(8-4-18)43-13-20(37)12-35-17-36(28-27(35)29(39)34-30(32)33-28)26-11-24(38)25(47-26)16-46-48(40,41)42/h3-10,17,20,23-26,37-38H,11-16H2,1-2H3,(H4-,32,33,34,39,40,41,42)/p+1/t20?,23?,24-,25+,26+/m0/s1. The lowest BCUT2D eigenvalue weighted by molar-refractivity contribution is -0.739. The van der Waals surface area contributed by atoms with Crippen molar-refractivity contribution < 1.29 is 52.6 Å². The first-order valence-corrected chi connectivity index (χ1v) is 16.9. The van der Waals surface area contributed by atoms with Crippen LogP contribution in [0.5, 0.6) is 11.5 Å². The van der Waals surface area contributed by atoms with Gasteiger partial charge in [-0.25, -0.2) is 9.13 Å². The van der Waals surface area contributed by atoms with Gasteiger partial charge >= 0.3 is 13.5 Å². The Balaban J connectivity index is 1.10. The molecule has 0 aliphatic carbocycles. The number of nitrogen functional groups attached to an aromatic ring is 1. The molecule has 2 aliphatic rings. The molecule has 17 heteroatoms. The van der Waals surface area contributed by atoms with Crippen LogP contribution in [-0.2, 0) is 30.5 Å². The number of hydrogen-bond acceptors (Lipinski definition) is 11. The number of benzene rings is 2. The summed E-state index contributed by atoms with van der Waals surface area (Å²) in [7, 11) is -4.78. The summed E-state index contributed by atoms with van der Waals surface area (Å²) in [6, 6.07) is 15.6. The van der Waals surface area contributed by atoms with Gasteiger partial charge in [0.2, 0.25) is 5.52 Å². The highest BCUT2D eigenvalue weighted by atomic mass is 31.2. The number of phosphoric ester groups is 1. The van der Waals surface area contributed by atoms with E-state index in [1.807, 2.05) is 48.5 Å². The molecular formula is C31H39N5O11P+. The van der Waals surface area contributed by atoms with Crippen molar-refractivity contribution >= 4 is 24.9 Å². The number of anilines is 1. The Hall–Kier alpha value is -3.86. The van der Waals surface area contributed by atoms with E-state index in [1.54, 1.807) is 0 Å². The highest BCUT2D eigenvalue weighted by Gasteiger charge is 2.40. The minimum atomic E-state index is -4.78. The quantitative estimate of drug-likeness (QED) is 0.0616. The van der Waals surface area contributed by atoms with Crippen molar-refractivity contribution in [3.05, 3.63) is 76.3 Å². The molecule has 7 N–H and O–H groups in total. The summed E-state index contributed by atoms with van der Waals surface area (Å²) in [6.45, 7) is 4.86. The van der Waals surface area contributed by atoms with E-state index < -0.39 is 44.5 Å². The van der Waals surface area contributed by atoms with E-state index in [2.05, 4.69) is 28.3 Å². The summed E-state index contributed by atoms with van der Waals surface area (Å²) in [6.07, 6.45) is -2.37. The zero-order valence-electron chi connectivity index (χ0n) is 26.3. The average molecular weight is 689 g/mol. The van der Waals surface area contributed by atoms with Crippen LogP contribution in [0.3, 0.4) is 0 Å². The number of aromatic amines is 1. The number of aliphatic hydroxyl groups is 2. The van der Waals surface area contributed by atoms with Crippen molar-refractivity contribution in [1.82, 2.24) is 14.5 Å². The lowest BCUT2D eigenvalue weighted by Crippen LogP contribution is -2.40. The number of nitrogens with one attached hydrogen (secondary N) is 1. The topological polar surface area (TPSA) is 228 Å². The smallest absolute Gasteiger partial charge is 0.469 e. The molecule has 48 heavy (non-hydrogen) atoms. The number of aromatic nitrogens is 4. The molecule has 2 aromatic heterocycles. The molecule has 5 atom stereocenters. The van der Waals surface area contributed by atoms with Crippen LogP contribution in [0.4, 0.5) is 5.95 Å². The van der Waals surface area contributed by atoms with Gasteiger partial charge < -0.3 is 44.7 Å². The molecule has 0 spiro atoms. The first-order valence-electron chi connectivity index (χ1n) is 15.4. The maximum absolute atomic E-state index is 12.9. The number of rotatable bonds is 14. The van der Waals surface area contributed by atoms with Crippen LogP contribution in [0.1, 0.15) is 37.6 Å². The van der Waals surface area contributed by atoms with Gasteiger partial charge in [-0.3, -0.25) is 18.9 Å². The Morgan fingerprint density at radius 1 is 1.10 bits per heavy atom. The number of fused-ring (bicyclic) bond motifs is 1. The number of nitrogens with zero attached hydrogens (tertiary/aromatic N) is 3. The van der Waals surface area contributed by atoms with Crippen LogP contribution < -0.4 is 25.3 Å². The van der Waals surface area contributed by atoms with Crippen LogP contribution in [0.15, 0.2) is 59.7 Å². The van der Waals surface area contributed by atoms with Gasteiger partial charge in [-0.05, 0) is 35.4 Å². The van der Waals surface area contributed by atoms with E-state index in [9.17, 15) is 19.6 Å². The number of epoxide rings is 1. The Kier molecular flexibility index (Phi) is 9.62. The van der Waals surface area contributed by atoms with E-state index in [-0.39, 0.29) is 48.2 Å². The molecule has 0 radical (unpaired) electrons. The molecule has 2 unspecified atom stereocenters. The van der Waals surface area contributed by atoms with Gasteiger partial charge in [0.25, 0.3) is 11.5 Å². The maximum Gasteiger partial charge on any atom is 0.469 e. The van der Waals surface area contributed by atoms with Crippen LogP contribution >= 0.6 is 7.82 Å². The molecule has 16 nitrogen and oxygen atoms in total. The molecule has 2 fully saturated rings. The fourth-order valence-electron chi connectivity index (χ4n) is 5.66. The summed E-state index contributed by atoms with van der Waals surface area (Å²) in [5.74, 6) is 1.20. The molecule has 2 aliphatic heterocycles. The van der Waals surface area contributed by atoms with Gasteiger partial charge in [0.05, 0.1) is 25.9 Å². The van der Waals surface area contributed by atoms with Gasteiger partial charge in [0.15, 0.2) is 12.6 Å². The molecule has 0 bridgehead atoms. The fourth-order valence-corrected chi connectivity index (χ4v) is 6.00. The summed E-state index contributed by atoms with van der Waals surface area (Å²) < 4.78 is 41.2. The highest BCUT2D eigenvalue weighted by molar-refractivity contribution is 7.46. The van der Waals surface area contributed by atoms with Gasteiger partial charge in [-0.1, -0.05) is 43.1 Å². The largest absolute Gasteiger partial charge is 0.491 e. The van der Waals surface area contributed by atoms with Gasteiger partial charge in [0, 0.05) is 11.8 Å². The third-order valence-corrected chi connectivity index (χ3v) is 8.94. The van der Waals surface area contributed by atoms with E-state index in [0.717, 1.165) is 23.5 Å². The Bertz CT molecular complexity index is 1840. The lowest BCUT2D eigenvalue weighted by Gasteiger charge is -2.26. The van der Waals surface area contributed by atoms with Crippen molar-refractivity contribution in [3.63, 3.8) is 0 Å². The van der Waals surface area contributed by atoms with E-state index in [4.69, 9.17) is 34.5 Å². The molecule has 258 valence electrons. The molecule has 0 amide bonds. The van der Waals surface area contributed by atoms with Gasteiger partial charge in [0.1, 0.15) is 43.0 Å². The summed E-state index contributed by atoms with van der Waals surface area (Å²) in [5, 5.41) is 21.3. The number of aliphatic hydroxyl groups excluding tert-OH is 2. The van der Waals surface area contributed by atoms with Crippen molar-refractivity contribution in [1.29, 1.82) is 0 Å². The van der Waals surface area contributed by atoms with Gasteiger partial charge in [-0.15, -0.1) is 0 Å². The SMILES string of the molecule is CC(C)(c1ccc(OCC(O)Cn2c[n+]([C@H]3C[C@H](O)[C@@H](COP(=O)(O)O)O3)c3nc(N)[nH]c(=O)c32)cc1)c1ccc(OCC2CO2)cc1. The summed E-state index contributed by atoms with van der Waals surface area (Å²) in [5.41, 5.74) is 7.36. The lowest BCUT2D eigenvalue weighted by atomic mass is 9.78. The fraction of sp³-hybridized carbons (Fsp3) is 0.452. The second-order valence-electron chi connectivity index (χ2n) is 12.4. The number of nitrogens with two attached hydrogens (primary N) is 1. The minimum absolute atomic E-state index is 0.0156. The van der Waals surface area contributed by atoms with Gasteiger partial charge in [-0.2, -0.15) is 0 Å². The van der Waals surface area contributed by atoms with Crippen LogP contribution in [0, 0.1) is 0 Å². The van der Waals surface area contributed by atoms with Crippen LogP contribution in [0.2, 0.25) is 0 Å². The molecule has 4 aromatic rings. The Morgan fingerprint density at radius 3 is 2.33 bits per heavy atom. The number of imidazole rings is 1. The third kappa shape index (κ3) is 7.88. The maximum atomic E-state index is 12.9. The van der Waals surface area contributed by atoms with E-state index in [1.165, 1.54) is 15.5 Å². The predicted molar refractivity (Wildman–Crippen MR) is 169 cm³/mol. The third-order valence-electron chi connectivity index (χ3n) is 8.45. The molecule has 2 aromatic carbocycles. The zero-order chi connectivity index (χ0) is 34.2. The van der Waals surface area contributed by atoms with Crippen LogP contribution in [-0.4, -0.2) is 85.4 Å². The number of phosphoric acid groups is 1. The molecule has 2 saturated heterocycles. The van der Waals surface area contributed by atoms with Crippen molar-refractivity contribution in [3.8, 4) is 11.5 Å². The summed E-state index contributed by atoms with van der Waals surface area (Å²) in [4.78, 5) is 37.6. The first kappa shape index (κ1) is 34.0. The Labute approximate surface area is 274 Å². The number of H-pyrrole nitrogens is 1. The number of ether oxygens (including phenoxy) is 4. The monoisotopic (exact) mass is 688 g/mol. The van der Waals surface area contributed by atoms with E-state index in [0.29, 0.717) is 12.4 Å². The van der Waals surface area contributed by atoms with Crippen molar-refractivity contribution in [2.45, 2.75) is 62.9 Å². The normalized spacial score (nSPS) is 21.8. The Morgan fingerprint density at radius 2 is 1.73 bits per heavy atom. The molecular weight excluding hydrogens is 649 g/mol. The zero-order valence-corrected chi connectivity index (χ0v) is 27.2. The minimum Gasteiger partial charge on any atom is -0.491 e. The van der Waals surface area contributed by atoms with Crippen molar-refractivity contribution in [2.24, 2.45) is 0 Å². The second kappa shape index (κ2) is 13.6. The van der Waals surface area contributed by atoms with E-state index >= 15 is 0 Å². The highest BCUT2D eigenvalue weighted by Crippen LogP contribution is 2.38. The number of hydrogen-bond donors (Lipinski definition) is 6. The van der Waals surface area contributed by atoms with Crippen molar-refractivity contribution in [2.75, 3.05) is 32.2 Å². The second-order valence-corrected chi connectivity index (χ2v) is 13.7.